The Hall–Kier alpha value is -1.61. The van der Waals surface area contributed by atoms with Crippen molar-refractivity contribution in [1.82, 2.24) is 15.3 Å². The number of nitrogens with zero attached hydrogens (tertiary/aromatic N) is 1. The Morgan fingerprint density at radius 1 is 1.25 bits per heavy atom. The molecule has 2 N–H and O–H groups in total. The fraction of sp³-hybridized carbons (Fsp3) is 0.471. The van der Waals surface area contributed by atoms with Gasteiger partial charge in [-0.15, -0.1) is 0 Å². The van der Waals surface area contributed by atoms with E-state index in [0.717, 1.165) is 30.5 Å². The molecule has 0 radical (unpaired) electrons. The van der Waals surface area contributed by atoms with Crippen LogP contribution in [0.25, 0.3) is 11.3 Å². The first-order chi connectivity index (χ1) is 9.72. The average molecular weight is 269 g/mol. The third-order valence-corrected chi connectivity index (χ3v) is 3.94. The lowest BCUT2D eigenvalue weighted by Crippen LogP contribution is -2.16. The van der Waals surface area contributed by atoms with Gasteiger partial charge in [0.25, 0.3) is 0 Å². The van der Waals surface area contributed by atoms with E-state index in [1.54, 1.807) is 0 Å². The van der Waals surface area contributed by atoms with E-state index in [0.29, 0.717) is 5.92 Å². The molecule has 0 unspecified atom stereocenters. The average Bonchev–Trinajstić information content (AvgIpc) is 3.15. The number of aromatic amines is 1. The summed E-state index contributed by atoms with van der Waals surface area (Å²) in [6, 6.07) is 8.74. The molecule has 0 aliphatic heterocycles. The molecule has 0 bridgehead atoms. The third-order valence-electron chi connectivity index (χ3n) is 3.94. The number of imidazole rings is 1. The second kappa shape index (κ2) is 5.80. The largest absolute Gasteiger partial charge is 0.341 e. The van der Waals surface area contributed by atoms with Crippen LogP contribution in [0.3, 0.4) is 0 Å². The number of hydrogen-bond acceptors (Lipinski definition) is 2. The van der Waals surface area contributed by atoms with Crippen molar-refractivity contribution >= 4 is 0 Å². The highest BCUT2D eigenvalue weighted by Gasteiger charge is 2.20. The molecule has 2 aromatic rings. The Balaban J connectivity index is 1.62. The molecular weight excluding hydrogens is 246 g/mol. The molecular formula is C17H23N3. The van der Waals surface area contributed by atoms with Gasteiger partial charge in [0, 0.05) is 0 Å². The van der Waals surface area contributed by atoms with Gasteiger partial charge in [0.1, 0.15) is 5.82 Å². The van der Waals surface area contributed by atoms with Crippen LogP contribution in [0.2, 0.25) is 0 Å². The molecule has 1 fully saturated rings. The zero-order chi connectivity index (χ0) is 13.9. The number of H-pyrrole nitrogens is 1. The maximum atomic E-state index is 4.45. The molecule has 1 saturated carbocycles. The minimum atomic E-state index is 0.577. The van der Waals surface area contributed by atoms with Gasteiger partial charge >= 0.3 is 0 Å². The SMILES string of the molecule is CC(C)c1ccc(-c2cnc(CNCC3CC3)[nH]2)cc1. The molecule has 0 saturated heterocycles. The fourth-order valence-corrected chi connectivity index (χ4v) is 2.36. The second-order valence-electron chi connectivity index (χ2n) is 6.09. The lowest BCUT2D eigenvalue weighted by molar-refractivity contribution is 0.623. The first kappa shape index (κ1) is 13.4. The van der Waals surface area contributed by atoms with Crippen molar-refractivity contribution < 1.29 is 0 Å². The monoisotopic (exact) mass is 269 g/mol. The van der Waals surface area contributed by atoms with E-state index in [1.165, 1.54) is 24.0 Å². The first-order valence-electron chi connectivity index (χ1n) is 7.57. The molecule has 3 rings (SSSR count). The van der Waals surface area contributed by atoms with Gasteiger partial charge in [-0.05, 0) is 42.3 Å². The summed E-state index contributed by atoms with van der Waals surface area (Å²) >= 11 is 0. The van der Waals surface area contributed by atoms with E-state index in [9.17, 15) is 0 Å². The maximum Gasteiger partial charge on any atom is 0.120 e. The van der Waals surface area contributed by atoms with E-state index in [1.807, 2.05) is 6.20 Å². The Kier molecular flexibility index (Phi) is 3.88. The molecule has 1 aromatic heterocycles. The molecule has 1 aliphatic rings. The third kappa shape index (κ3) is 3.28. The Bertz CT molecular complexity index is 550. The van der Waals surface area contributed by atoms with E-state index in [-0.39, 0.29) is 0 Å². The fourth-order valence-electron chi connectivity index (χ4n) is 2.36. The molecule has 0 atom stereocenters. The highest BCUT2D eigenvalue weighted by atomic mass is 15.0. The first-order valence-corrected chi connectivity index (χ1v) is 7.57. The van der Waals surface area contributed by atoms with Gasteiger partial charge in [-0.25, -0.2) is 4.98 Å². The van der Waals surface area contributed by atoms with Crippen molar-refractivity contribution in [2.75, 3.05) is 6.54 Å². The number of nitrogens with one attached hydrogen (secondary N) is 2. The topological polar surface area (TPSA) is 40.7 Å². The van der Waals surface area contributed by atoms with E-state index >= 15 is 0 Å². The molecule has 1 aliphatic carbocycles. The van der Waals surface area contributed by atoms with Gasteiger partial charge < -0.3 is 10.3 Å². The standard InChI is InChI=1S/C17H23N3/c1-12(2)14-5-7-15(8-6-14)16-10-19-17(20-16)11-18-9-13-3-4-13/h5-8,10,12-13,18H,3-4,9,11H2,1-2H3,(H,19,20). The van der Waals surface area contributed by atoms with Crippen LogP contribution in [0.15, 0.2) is 30.5 Å². The smallest absolute Gasteiger partial charge is 0.120 e. The summed E-state index contributed by atoms with van der Waals surface area (Å²) in [5.41, 5.74) is 3.68. The Morgan fingerprint density at radius 3 is 2.65 bits per heavy atom. The summed E-state index contributed by atoms with van der Waals surface area (Å²) in [4.78, 5) is 7.85. The number of rotatable bonds is 6. The molecule has 1 aromatic carbocycles. The van der Waals surface area contributed by atoms with Crippen molar-refractivity contribution in [2.45, 2.75) is 39.2 Å². The second-order valence-corrected chi connectivity index (χ2v) is 6.09. The summed E-state index contributed by atoms with van der Waals surface area (Å²) in [5.74, 6) is 2.51. The number of hydrogen-bond donors (Lipinski definition) is 2. The number of benzene rings is 1. The lowest BCUT2D eigenvalue weighted by Gasteiger charge is -2.05. The quantitative estimate of drug-likeness (QED) is 0.839. The summed E-state index contributed by atoms with van der Waals surface area (Å²) in [5, 5.41) is 3.46. The molecule has 3 heteroatoms. The lowest BCUT2D eigenvalue weighted by atomic mass is 10.0. The van der Waals surface area contributed by atoms with Crippen LogP contribution in [0.1, 0.15) is 44.0 Å². The van der Waals surface area contributed by atoms with Crippen LogP contribution in [-0.4, -0.2) is 16.5 Å². The summed E-state index contributed by atoms with van der Waals surface area (Å²) in [6.07, 6.45) is 4.70. The summed E-state index contributed by atoms with van der Waals surface area (Å²) < 4.78 is 0. The minimum Gasteiger partial charge on any atom is -0.341 e. The zero-order valence-electron chi connectivity index (χ0n) is 12.3. The van der Waals surface area contributed by atoms with Crippen LogP contribution in [0, 0.1) is 5.92 Å². The summed E-state index contributed by atoms with van der Waals surface area (Å²) in [7, 11) is 0. The van der Waals surface area contributed by atoms with Crippen molar-refractivity contribution in [3.63, 3.8) is 0 Å². The van der Waals surface area contributed by atoms with Crippen molar-refractivity contribution in [2.24, 2.45) is 5.92 Å². The normalized spacial score (nSPS) is 14.9. The van der Waals surface area contributed by atoms with Crippen LogP contribution in [0.4, 0.5) is 0 Å². The van der Waals surface area contributed by atoms with Gasteiger partial charge in [0.2, 0.25) is 0 Å². The van der Waals surface area contributed by atoms with Crippen molar-refractivity contribution in [3.05, 3.63) is 41.9 Å². The molecule has 20 heavy (non-hydrogen) atoms. The van der Waals surface area contributed by atoms with Gasteiger partial charge in [-0.1, -0.05) is 38.1 Å². The molecule has 0 amide bonds. The van der Waals surface area contributed by atoms with E-state index in [2.05, 4.69) is 53.4 Å². The van der Waals surface area contributed by atoms with Gasteiger partial charge in [-0.3, -0.25) is 0 Å². The van der Waals surface area contributed by atoms with Gasteiger partial charge in [0.15, 0.2) is 0 Å². The van der Waals surface area contributed by atoms with Crippen molar-refractivity contribution in [1.29, 1.82) is 0 Å². The highest BCUT2D eigenvalue weighted by molar-refractivity contribution is 5.58. The molecule has 0 spiro atoms. The molecule has 106 valence electrons. The summed E-state index contributed by atoms with van der Waals surface area (Å²) in [6.45, 7) is 6.39. The Morgan fingerprint density at radius 2 is 2.00 bits per heavy atom. The maximum absolute atomic E-state index is 4.45. The van der Waals surface area contributed by atoms with Crippen LogP contribution in [-0.2, 0) is 6.54 Å². The van der Waals surface area contributed by atoms with Crippen LogP contribution >= 0.6 is 0 Å². The molecule has 1 heterocycles. The predicted octanol–water partition coefficient (Wildman–Crippen LogP) is 3.70. The highest BCUT2D eigenvalue weighted by Crippen LogP contribution is 2.27. The van der Waals surface area contributed by atoms with Gasteiger partial charge in [-0.2, -0.15) is 0 Å². The van der Waals surface area contributed by atoms with Crippen LogP contribution in [0.5, 0.6) is 0 Å². The van der Waals surface area contributed by atoms with Crippen molar-refractivity contribution in [3.8, 4) is 11.3 Å². The van der Waals surface area contributed by atoms with Gasteiger partial charge in [0.05, 0.1) is 18.4 Å². The predicted molar refractivity (Wildman–Crippen MR) is 82.5 cm³/mol. The number of aromatic nitrogens is 2. The van der Waals surface area contributed by atoms with E-state index in [4.69, 9.17) is 0 Å². The molecule has 3 nitrogen and oxygen atoms in total. The Labute approximate surface area is 120 Å². The minimum absolute atomic E-state index is 0.577. The zero-order valence-corrected chi connectivity index (χ0v) is 12.3. The van der Waals surface area contributed by atoms with Crippen LogP contribution < -0.4 is 5.32 Å². The van der Waals surface area contributed by atoms with E-state index < -0.39 is 0 Å².